The predicted molar refractivity (Wildman–Crippen MR) is 91.6 cm³/mol. The number of alkyl halides is 5. The molecule has 4 rings (SSSR count). The van der Waals surface area contributed by atoms with Gasteiger partial charge in [0.15, 0.2) is 5.65 Å². The molecule has 0 radical (unpaired) electrons. The number of hydrogen-bond donors (Lipinski definition) is 0. The molecule has 160 valence electrons. The summed E-state index contributed by atoms with van der Waals surface area (Å²) in [6, 6.07) is 3.67. The maximum absolute atomic E-state index is 14.0. The Morgan fingerprint density at radius 2 is 1.90 bits per heavy atom. The number of fused-ring (bicyclic) bond motifs is 1. The number of rotatable bonds is 7. The van der Waals surface area contributed by atoms with Gasteiger partial charge in [-0.3, -0.25) is 9.38 Å². The molecular formula is C18H15F5N4O3. The van der Waals surface area contributed by atoms with Crippen molar-refractivity contribution < 1.29 is 36.2 Å². The highest BCUT2D eigenvalue weighted by molar-refractivity contribution is 5.65. The van der Waals surface area contributed by atoms with Crippen LogP contribution in [-0.2, 0) is 22.2 Å². The van der Waals surface area contributed by atoms with Crippen molar-refractivity contribution in [3.05, 3.63) is 42.0 Å². The van der Waals surface area contributed by atoms with Gasteiger partial charge < -0.3 is 14.2 Å². The first-order valence-corrected chi connectivity index (χ1v) is 8.81. The molecule has 0 bridgehead atoms. The topological polar surface area (TPSA) is 70.8 Å². The molecule has 3 aromatic rings. The molecule has 1 aromatic carbocycles. The van der Waals surface area contributed by atoms with Crippen molar-refractivity contribution in [2.24, 2.45) is 0 Å². The zero-order valence-corrected chi connectivity index (χ0v) is 15.5. The zero-order valence-electron chi connectivity index (χ0n) is 15.5. The maximum atomic E-state index is 14.0. The van der Waals surface area contributed by atoms with Gasteiger partial charge in [0.25, 0.3) is 0 Å². The van der Waals surface area contributed by atoms with E-state index in [-0.39, 0.29) is 24.1 Å². The van der Waals surface area contributed by atoms with E-state index in [1.54, 1.807) is 0 Å². The van der Waals surface area contributed by atoms with Crippen molar-refractivity contribution in [1.82, 2.24) is 19.6 Å². The van der Waals surface area contributed by atoms with Crippen molar-refractivity contribution in [1.29, 1.82) is 0 Å². The van der Waals surface area contributed by atoms with Gasteiger partial charge in [-0.05, 0) is 36.6 Å². The molecular weight excluding hydrogens is 415 g/mol. The summed E-state index contributed by atoms with van der Waals surface area (Å²) < 4.78 is 80.5. The van der Waals surface area contributed by atoms with E-state index in [9.17, 15) is 22.0 Å². The molecule has 7 nitrogen and oxygen atoms in total. The van der Waals surface area contributed by atoms with Crippen molar-refractivity contribution >= 4 is 5.65 Å². The number of hydrogen-bond acceptors (Lipinski definition) is 6. The number of nitrogens with zero attached hydrogens (tertiary/aromatic N) is 4. The quantitative estimate of drug-likeness (QED) is 0.527. The lowest BCUT2D eigenvalue weighted by molar-refractivity contribution is -0.274. The maximum Gasteiger partial charge on any atom is 0.573 e. The van der Waals surface area contributed by atoms with Crippen LogP contribution in [0, 0.1) is 0 Å². The lowest BCUT2D eigenvalue weighted by Gasteiger charge is -2.15. The standard InChI is InChI=1S/C18H15F5N4O3/c1-28-17(19,20)16-26-25-15-7-24-14(8-27(15)16)13-5-4-12(30-18(21,22)23)6-10(13)9-29-11-2-3-11/h4-8,11H,2-3,9H2,1H3. The highest BCUT2D eigenvalue weighted by atomic mass is 19.4. The van der Waals surface area contributed by atoms with Crippen molar-refractivity contribution in [3.8, 4) is 17.0 Å². The summed E-state index contributed by atoms with van der Waals surface area (Å²) in [5.41, 5.74) is 1.03. The summed E-state index contributed by atoms with van der Waals surface area (Å²) in [7, 11) is 0.829. The average Bonchev–Trinajstić information content (AvgIpc) is 3.41. The summed E-state index contributed by atoms with van der Waals surface area (Å²) in [6.45, 7) is 0.0119. The third-order valence-electron chi connectivity index (χ3n) is 4.39. The Hall–Kier alpha value is -2.86. The highest BCUT2D eigenvalue weighted by Crippen LogP contribution is 2.33. The Balaban J connectivity index is 1.75. The smallest absolute Gasteiger partial charge is 0.406 e. The van der Waals surface area contributed by atoms with Crippen LogP contribution in [0.25, 0.3) is 16.9 Å². The number of ether oxygens (including phenoxy) is 3. The molecule has 2 heterocycles. The van der Waals surface area contributed by atoms with E-state index >= 15 is 0 Å². The van der Waals surface area contributed by atoms with Crippen LogP contribution in [-0.4, -0.2) is 39.2 Å². The van der Waals surface area contributed by atoms with E-state index in [2.05, 4.69) is 24.7 Å². The Kier molecular flexibility index (Phi) is 5.06. The predicted octanol–water partition coefficient (Wildman–Crippen LogP) is 4.06. The number of halogens is 5. The van der Waals surface area contributed by atoms with Gasteiger partial charge in [-0.1, -0.05) is 0 Å². The van der Waals surface area contributed by atoms with E-state index in [0.29, 0.717) is 11.1 Å². The van der Waals surface area contributed by atoms with Gasteiger partial charge in [0.1, 0.15) is 5.75 Å². The first-order chi connectivity index (χ1) is 14.2. The van der Waals surface area contributed by atoms with E-state index in [4.69, 9.17) is 4.74 Å². The molecule has 0 atom stereocenters. The summed E-state index contributed by atoms with van der Waals surface area (Å²) >= 11 is 0. The van der Waals surface area contributed by atoms with Crippen molar-refractivity contribution in [2.45, 2.75) is 38.0 Å². The summed E-state index contributed by atoms with van der Waals surface area (Å²) in [5.74, 6) is -1.17. The molecule has 1 saturated carbocycles. The van der Waals surface area contributed by atoms with Crippen LogP contribution in [0.3, 0.4) is 0 Å². The Bertz CT molecular complexity index is 1070. The lowest BCUT2D eigenvalue weighted by atomic mass is 10.0. The summed E-state index contributed by atoms with van der Waals surface area (Å²) in [4.78, 5) is 4.18. The Morgan fingerprint density at radius 1 is 1.13 bits per heavy atom. The van der Waals surface area contributed by atoms with Crippen LogP contribution < -0.4 is 4.74 Å². The van der Waals surface area contributed by atoms with Crippen molar-refractivity contribution in [2.75, 3.05) is 7.11 Å². The first-order valence-electron chi connectivity index (χ1n) is 8.81. The van der Waals surface area contributed by atoms with Crippen LogP contribution in [0.2, 0.25) is 0 Å². The molecule has 30 heavy (non-hydrogen) atoms. The molecule has 1 fully saturated rings. The summed E-state index contributed by atoms with van der Waals surface area (Å²) in [5, 5.41) is 7.08. The van der Waals surface area contributed by atoms with Gasteiger partial charge in [-0.25, -0.2) is 0 Å². The van der Waals surface area contributed by atoms with Crippen LogP contribution in [0.1, 0.15) is 24.2 Å². The van der Waals surface area contributed by atoms with Crippen LogP contribution in [0.5, 0.6) is 5.75 Å². The fourth-order valence-corrected chi connectivity index (χ4v) is 2.81. The largest absolute Gasteiger partial charge is 0.573 e. The molecule has 0 amide bonds. The van der Waals surface area contributed by atoms with Gasteiger partial charge in [-0.15, -0.1) is 23.4 Å². The van der Waals surface area contributed by atoms with Crippen LogP contribution in [0.15, 0.2) is 30.6 Å². The third-order valence-corrected chi connectivity index (χ3v) is 4.39. The minimum Gasteiger partial charge on any atom is -0.406 e. The fraction of sp³-hybridized carbons (Fsp3) is 0.389. The Labute approximate surface area is 166 Å². The molecule has 12 heteroatoms. The van der Waals surface area contributed by atoms with Crippen LogP contribution in [0.4, 0.5) is 22.0 Å². The molecule has 0 N–H and O–H groups in total. The van der Waals surface area contributed by atoms with Gasteiger partial charge in [-0.2, -0.15) is 8.78 Å². The second-order valence-corrected chi connectivity index (χ2v) is 6.62. The molecule has 2 aromatic heterocycles. The van der Waals surface area contributed by atoms with E-state index in [1.165, 1.54) is 24.5 Å². The molecule has 0 aliphatic heterocycles. The minimum atomic E-state index is -4.85. The lowest BCUT2D eigenvalue weighted by Crippen LogP contribution is -2.19. The minimum absolute atomic E-state index is 0.0119. The van der Waals surface area contributed by atoms with E-state index in [0.717, 1.165) is 30.4 Å². The normalized spacial score (nSPS) is 15.0. The SMILES string of the molecule is COC(F)(F)c1nnc2cnc(-c3ccc(OC(F)(F)F)cc3COC3CC3)cn12. The second-order valence-electron chi connectivity index (χ2n) is 6.62. The van der Waals surface area contributed by atoms with Crippen LogP contribution >= 0.6 is 0 Å². The van der Waals surface area contributed by atoms with Gasteiger partial charge in [0.05, 0.1) is 24.6 Å². The molecule has 1 aliphatic rings. The van der Waals surface area contributed by atoms with E-state index in [1.807, 2.05) is 0 Å². The molecule has 0 unspecified atom stereocenters. The molecule has 0 spiro atoms. The van der Waals surface area contributed by atoms with Crippen molar-refractivity contribution in [3.63, 3.8) is 0 Å². The Morgan fingerprint density at radius 3 is 2.57 bits per heavy atom. The second kappa shape index (κ2) is 7.43. The van der Waals surface area contributed by atoms with Gasteiger partial charge in [0, 0.05) is 18.9 Å². The third kappa shape index (κ3) is 4.33. The average molecular weight is 430 g/mol. The van der Waals surface area contributed by atoms with E-state index < -0.39 is 24.0 Å². The zero-order chi connectivity index (χ0) is 21.5. The first kappa shape index (κ1) is 20.4. The molecule has 1 aliphatic carbocycles. The number of benzene rings is 1. The fourth-order valence-electron chi connectivity index (χ4n) is 2.81. The summed E-state index contributed by atoms with van der Waals surface area (Å²) in [6.07, 6.45) is -4.27. The highest BCUT2D eigenvalue weighted by Gasteiger charge is 2.37. The monoisotopic (exact) mass is 430 g/mol. The molecule has 0 saturated heterocycles. The number of aromatic nitrogens is 4. The number of methoxy groups -OCH3 is 1. The van der Waals surface area contributed by atoms with Gasteiger partial charge in [0.2, 0.25) is 5.82 Å². The van der Waals surface area contributed by atoms with Gasteiger partial charge >= 0.3 is 12.5 Å².